The first-order chi connectivity index (χ1) is 26.5. The zero-order chi connectivity index (χ0) is 45.0. The lowest BCUT2D eigenvalue weighted by Crippen LogP contribution is -2.70. The predicted octanol–water partition coefficient (Wildman–Crippen LogP) is 14.5. The van der Waals surface area contributed by atoms with Gasteiger partial charge in [-0.05, 0) is 101 Å². The van der Waals surface area contributed by atoms with Crippen molar-refractivity contribution in [1.82, 2.24) is 0 Å². The molecule has 0 aromatic heterocycles. The van der Waals surface area contributed by atoms with Crippen LogP contribution in [-0.4, -0.2) is 74.3 Å². The molecule has 0 N–H and O–H groups in total. The summed E-state index contributed by atoms with van der Waals surface area (Å²) >= 11 is 0. The van der Waals surface area contributed by atoms with Crippen LogP contribution >= 0.6 is 0 Å². The molecule has 0 unspecified atom stereocenters. The lowest BCUT2D eigenvalue weighted by Gasteiger charge is -2.57. The largest absolute Gasteiger partial charge is 0.462 e. The fraction of sp³-hybridized carbons (Fsp3) is 0.979. The highest BCUT2D eigenvalue weighted by molar-refractivity contribution is 6.79. The monoisotopic (exact) mass is 871 g/mol. The molecular formula is C48H98O7Si3. The van der Waals surface area contributed by atoms with E-state index < -0.39 is 61.1 Å². The van der Waals surface area contributed by atoms with Crippen LogP contribution in [0, 0.1) is 23.2 Å². The molecule has 58 heavy (non-hydrogen) atoms. The highest BCUT2D eigenvalue weighted by atomic mass is 28.4. The molecule has 7 nitrogen and oxygen atoms in total. The summed E-state index contributed by atoms with van der Waals surface area (Å²) in [7, 11) is -7.73. The minimum Gasteiger partial charge on any atom is -0.462 e. The van der Waals surface area contributed by atoms with E-state index in [-0.39, 0.29) is 18.7 Å². The Labute approximate surface area is 363 Å². The van der Waals surface area contributed by atoms with Crippen LogP contribution in [0.5, 0.6) is 0 Å². The number of hydrogen-bond donors (Lipinski definition) is 0. The summed E-state index contributed by atoms with van der Waals surface area (Å²) in [5.74, 6) is 1.19. The first-order valence-corrected chi connectivity index (χ1v) is 30.4. The minimum atomic E-state index is -2.59. The van der Waals surface area contributed by atoms with Gasteiger partial charge in [-0.1, -0.05) is 152 Å². The molecule has 1 heterocycles. The Morgan fingerprint density at radius 2 is 0.931 bits per heavy atom. The summed E-state index contributed by atoms with van der Waals surface area (Å²) in [5, 5.41) is 0. The van der Waals surface area contributed by atoms with E-state index in [4.69, 9.17) is 27.5 Å². The second-order valence-electron chi connectivity index (χ2n) is 23.1. The standard InChI is InChI=1S/C48H98O7Si3/c1-29(2)40-26-25-39(21)27-41(40)51-46-45(55-58(36(15)16,37(17)18)38(19)20)44(54-57(33(9)10,34(11)12)35(13)14)43(42(52-46)28-50-47(49)48(22,23)24)53-56(30(3)4,31(5)6)32(7)8/h29-46H,25-28H2,1-24H3/t39-,40+,41-,42-,43-,44+,45-,46-/m1/s1. The molecule has 2 fully saturated rings. The molecule has 1 aliphatic heterocycles. The zero-order valence-corrected chi connectivity index (χ0v) is 45.6. The first kappa shape index (κ1) is 54.1. The second kappa shape index (κ2) is 21.5. The summed E-state index contributed by atoms with van der Waals surface area (Å²) in [5.41, 5.74) is 2.35. The number of hydrogen-bond acceptors (Lipinski definition) is 7. The molecule has 0 bridgehead atoms. The van der Waals surface area contributed by atoms with Gasteiger partial charge < -0.3 is 27.5 Å². The average molecular weight is 872 g/mol. The van der Waals surface area contributed by atoms with Gasteiger partial charge >= 0.3 is 5.97 Å². The lowest BCUT2D eigenvalue weighted by molar-refractivity contribution is -0.312. The molecule has 0 aromatic carbocycles. The van der Waals surface area contributed by atoms with Gasteiger partial charge in [-0.15, -0.1) is 0 Å². The van der Waals surface area contributed by atoms with Crippen molar-refractivity contribution in [2.24, 2.45) is 23.2 Å². The quantitative estimate of drug-likeness (QED) is 0.0891. The van der Waals surface area contributed by atoms with Gasteiger partial charge in [0.2, 0.25) is 25.0 Å². The summed E-state index contributed by atoms with van der Waals surface area (Å²) in [6.07, 6.45) is 0.499. The molecule has 8 atom stereocenters. The summed E-state index contributed by atoms with van der Waals surface area (Å²) in [6, 6.07) is 0. The number of carbonyl (C=O) groups excluding carboxylic acids is 1. The molecule has 0 spiro atoms. The van der Waals surface area contributed by atoms with Gasteiger partial charge in [0.15, 0.2) is 6.29 Å². The number of carbonyl (C=O) groups is 1. The van der Waals surface area contributed by atoms with Crippen LogP contribution in [0.4, 0.5) is 0 Å². The highest BCUT2D eigenvalue weighted by Gasteiger charge is 2.61. The average Bonchev–Trinajstić information content (AvgIpc) is 3.06. The van der Waals surface area contributed by atoms with Crippen LogP contribution < -0.4 is 0 Å². The van der Waals surface area contributed by atoms with Crippen molar-refractivity contribution in [3.63, 3.8) is 0 Å². The van der Waals surface area contributed by atoms with Crippen molar-refractivity contribution >= 4 is 30.9 Å². The van der Waals surface area contributed by atoms with Crippen molar-refractivity contribution in [1.29, 1.82) is 0 Å². The van der Waals surface area contributed by atoms with E-state index in [1.54, 1.807) is 0 Å². The van der Waals surface area contributed by atoms with Gasteiger partial charge in [0.1, 0.15) is 31.0 Å². The second-order valence-corrected chi connectivity index (χ2v) is 39.3. The Balaban J connectivity index is 3.21. The van der Waals surface area contributed by atoms with Gasteiger partial charge in [-0.25, -0.2) is 0 Å². The van der Waals surface area contributed by atoms with Crippen molar-refractivity contribution in [2.75, 3.05) is 6.61 Å². The Hall–Kier alpha value is -0.0794. The third-order valence-electron chi connectivity index (χ3n) is 15.0. The van der Waals surface area contributed by atoms with Crippen LogP contribution in [0.3, 0.4) is 0 Å². The molecule has 1 aliphatic carbocycles. The third-order valence-corrected chi connectivity index (χ3v) is 33.3. The number of esters is 1. The molecule has 0 radical (unpaired) electrons. The number of ether oxygens (including phenoxy) is 3. The van der Waals surface area contributed by atoms with Gasteiger partial charge in [0.05, 0.1) is 11.5 Å². The first-order valence-electron chi connectivity index (χ1n) is 24.0. The molecule has 1 saturated carbocycles. The SMILES string of the molecule is CC(C)[C@@H]1CC[C@@H](C)C[C@H]1O[C@@H]1O[C@H](COC(=O)C(C)(C)C)[C@@H](O[Si](C(C)C)(C(C)C)C(C)C)[C@H](O[Si](C(C)C)(C(C)C)C(C)C)[C@H]1O[Si](C(C)C)(C(C)C)C(C)C. The summed E-state index contributed by atoms with van der Waals surface area (Å²) in [6.45, 7) is 55.4. The van der Waals surface area contributed by atoms with E-state index in [0.29, 0.717) is 67.6 Å². The van der Waals surface area contributed by atoms with Crippen LogP contribution in [-0.2, 0) is 32.3 Å². The third kappa shape index (κ3) is 11.5. The fourth-order valence-corrected chi connectivity index (χ4v) is 28.9. The van der Waals surface area contributed by atoms with Crippen LogP contribution in [0.15, 0.2) is 0 Å². The molecule has 2 rings (SSSR count). The van der Waals surface area contributed by atoms with Crippen LogP contribution in [0.25, 0.3) is 0 Å². The molecule has 2 aliphatic rings. The maximum atomic E-state index is 13.6. The number of rotatable bonds is 20. The van der Waals surface area contributed by atoms with E-state index in [1.165, 1.54) is 6.42 Å². The van der Waals surface area contributed by atoms with E-state index in [2.05, 4.69) is 145 Å². The predicted molar refractivity (Wildman–Crippen MR) is 253 cm³/mol. The van der Waals surface area contributed by atoms with Gasteiger partial charge in [0, 0.05) is 0 Å². The molecule has 344 valence electrons. The smallest absolute Gasteiger partial charge is 0.311 e. The Kier molecular flexibility index (Phi) is 20.1. The van der Waals surface area contributed by atoms with Gasteiger partial charge in [0.25, 0.3) is 0 Å². The molecule has 0 amide bonds. The minimum absolute atomic E-state index is 0.0155. The maximum Gasteiger partial charge on any atom is 0.311 e. The van der Waals surface area contributed by atoms with Gasteiger partial charge in [-0.2, -0.15) is 0 Å². The maximum absolute atomic E-state index is 13.6. The highest BCUT2D eigenvalue weighted by Crippen LogP contribution is 2.52. The van der Waals surface area contributed by atoms with Crippen LogP contribution in [0.2, 0.25) is 49.9 Å². The van der Waals surface area contributed by atoms with Crippen molar-refractivity contribution in [2.45, 2.75) is 272 Å². The summed E-state index contributed by atoms with van der Waals surface area (Å²) < 4.78 is 45.7. The van der Waals surface area contributed by atoms with Crippen molar-refractivity contribution in [3.8, 4) is 0 Å². The topological polar surface area (TPSA) is 72.5 Å². The Morgan fingerprint density at radius 1 is 0.569 bits per heavy atom. The molecule has 0 aromatic rings. The summed E-state index contributed by atoms with van der Waals surface area (Å²) in [4.78, 5) is 13.6. The Morgan fingerprint density at radius 3 is 1.28 bits per heavy atom. The van der Waals surface area contributed by atoms with Crippen molar-refractivity contribution in [3.05, 3.63) is 0 Å². The normalized spacial score (nSPS) is 27.3. The zero-order valence-electron chi connectivity index (χ0n) is 42.6. The molecule has 1 saturated heterocycles. The van der Waals surface area contributed by atoms with E-state index in [9.17, 15) is 4.79 Å². The Bertz CT molecular complexity index is 1170. The van der Waals surface area contributed by atoms with E-state index >= 15 is 0 Å². The van der Waals surface area contributed by atoms with Crippen LogP contribution in [0.1, 0.15) is 185 Å². The van der Waals surface area contributed by atoms with E-state index in [0.717, 1.165) is 12.8 Å². The fourth-order valence-electron chi connectivity index (χ4n) is 12.3. The lowest BCUT2D eigenvalue weighted by atomic mass is 9.75. The van der Waals surface area contributed by atoms with E-state index in [1.807, 2.05) is 20.8 Å². The van der Waals surface area contributed by atoms with Crippen molar-refractivity contribution < 1.29 is 32.3 Å². The molecule has 10 heteroatoms. The van der Waals surface area contributed by atoms with Gasteiger partial charge in [-0.3, -0.25) is 4.79 Å². The molecular weight excluding hydrogens is 773 g/mol.